The van der Waals surface area contributed by atoms with E-state index in [0.29, 0.717) is 6.54 Å². The van der Waals surface area contributed by atoms with E-state index in [4.69, 9.17) is 0 Å². The summed E-state index contributed by atoms with van der Waals surface area (Å²) in [6.07, 6.45) is 0. The molecule has 0 aromatic heterocycles. The van der Waals surface area contributed by atoms with Gasteiger partial charge in [-0.15, -0.1) is 0 Å². The number of nitrogens with one attached hydrogen (secondary N) is 1. The predicted molar refractivity (Wildman–Crippen MR) is 73.1 cm³/mol. The summed E-state index contributed by atoms with van der Waals surface area (Å²) in [6.45, 7) is 2.14. The molecular weight excluding hydrogens is 263 g/mol. The summed E-state index contributed by atoms with van der Waals surface area (Å²) in [7, 11) is 3.24. The van der Waals surface area contributed by atoms with Gasteiger partial charge in [0.25, 0.3) is 0 Å². The summed E-state index contributed by atoms with van der Waals surface area (Å²) < 4.78 is 13.1. The summed E-state index contributed by atoms with van der Waals surface area (Å²) in [6, 6.07) is 3.24. The van der Waals surface area contributed by atoms with Gasteiger partial charge < -0.3 is 10.4 Å². The van der Waals surface area contributed by atoms with Crippen LogP contribution in [0.1, 0.15) is 17.3 Å². The lowest BCUT2D eigenvalue weighted by atomic mass is 10.1. The Balaban J connectivity index is 2.66. The van der Waals surface area contributed by atoms with E-state index in [2.05, 4.69) is 5.32 Å². The van der Waals surface area contributed by atoms with Gasteiger partial charge in [0.15, 0.2) is 5.78 Å². The van der Waals surface area contributed by atoms with Crippen molar-refractivity contribution in [3.05, 3.63) is 29.6 Å². The zero-order valence-electron chi connectivity index (χ0n) is 11.8. The molecule has 6 heteroatoms. The Kier molecular flexibility index (Phi) is 5.64. The van der Waals surface area contributed by atoms with Crippen molar-refractivity contribution in [2.45, 2.75) is 6.92 Å². The van der Waals surface area contributed by atoms with Crippen molar-refractivity contribution in [1.29, 1.82) is 0 Å². The molecule has 20 heavy (non-hydrogen) atoms. The number of amides is 1. The van der Waals surface area contributed by atoms with Gasteiger partial charge in [-0.05, 0) is 25.2 Å². The number of likely N-dealkylation sites (N-methyl/N-ethyl adjacent to an activating group) is 1. The van der Waals surface area contributed by atoms with E-state index in [1.54, 1.807) is 25.9 Å². The quantitative estimate of drug-likeness (QED) is 0.765. The van der Waals surface area contributed by atoms with Crippen LogP contribution in [0.2, 0.25) is 0 Å². The number of carbonyl (C=O) groups excluding carboxylic acids is 2. The van der Waals surface area contributed by atoms with Crippen molar-refractivity contribution in [3.63, 3.8) is 0 Å². The molecule has 0 aliphatic rings. The predicted octanol–water partition coefficient (Wildman–Crippen LogP) is 1.03. The maximum absolute atomic E-state index is 13.1. The molecular formula is C14H19FN2O3. The molecule has 5 nitrogen and oxygen atoms in total. The monoisotopic (exact) mass is 282 g/mol. The molecule has 0 fully saturated rings. The third-order valence-corrected chi connectivity index (χ3v) is 2.95. The molecule has 0 radical (unpaired) electrons. The largest absolute Gasteiger partial charge is 0.507 e. The van der Waals surface area contributed by atoms with Crippen LogP contribution in [0, 0.1) is 11.7 Å². The van der Waals surface area contributed by atoms with Crippen molar-refractivity contribution < 1.29 is 19.1 Å². The number of halogens is 1. The Morgan fingerprint density at radius 1 is 1.45 bits per heavy atom. The topological polar surface area (TPSA) is 69.6 Å². The minimum atomic E-state index is -0.576. The Labute approximate surface area is 117 Å². The van der Waals surface area contributed by atoms with E-state index in [-0.39, 0.29) is 29.7 Å². The first kappa shape index (κ1) is 16.1. The normalized spacial score (nSPS) is 12.2. The maximum atomic E-state index is 13.1. The molecule has 0 heterocycles. The van der Waals surface area contributed by atoms with Gasteiger partial charge in [-0.2, -0.15) is 0 Å². The number of ketones is 1. The van der Waals surface area contributed by atoms with Crippen molar-refractivity contribution in [3.8, 4) is 5.75 Å². The molecule has 1 rings (SSSR count). The van der Waals surface area contributed by atoms with Crippen molar-refractivity contribution in [2.75, 3.05) is 27.2 Å². The minimum absolute atomic E-state index is 0.00164. The summed E-state index contributed by atoms with van der Waals surface area (Å²) in [5.41, 5.74) is -0.0514. The number of benzene rings is 1. The van der Waals surface area contributed by atoms with Crippen LogP contribution in [0.3, 0.4) is 0 Å². The summed E-state index contributed by atoms with van der Waals surface area (Å²) in [5, 5.41) is 12.1. The lowest BCUT2D eigenvalue weighted by Crippen LogP contribution is -2.36. The van der Waals surface area contributed by atoms with Crippen LogP contribution in [0.4, 0.5) is 4.39 Å². The van der Waals surface area contributed by atoms with Gasteiger partial charge in [-0.1, -0.05) is 6.92 Å². The summed E-state index contributed by atoms with van der Waals surface area (Å²) in [5.74, 6) is -1.60. The molecule has 1 aromatic rings. The first-order chi connectivity index (χ1) is 9.35. The zero-order valence-corrected chi connectivity index (χ0v) is 11.8. The van der Waals surface area contributed by atoms with E-state index in [1.807, 2.05) is 0 Å². The van der Waals surface area contributed by atoms with Crippen molar-refractivity contribution >= 4 is 11.7 Å². The third kappa shape index (κ3) is 4.31. The molecule has 1 atom stereocenters. The molecule has 1 amide bonds. The number of phenolic OH excluding ortho intramolecular Hbond substituents is 1. The van der Waals surface area contributed by atoms with Crippen LogP contribution < -0.4 is 5.32 Å². The Bertz CT molecular complexity index is 505. The Morgan fingerprint density at radius 2 is 2.10 bits per heavy atom. The number of carbonyl (C=O) groups is 2. The van der Waals surface area contributed by atoms with Gasteiger partial charge in [-0.3, -0.25) is 14.5 Å². The van der Waals surface area contributed by atoms with Crippen LogP contribution in [-0.2, 0) is 4.79 Å². The molecule has 0 aliphatic heterocycles. The maximum Gasteiger partial charge on any atom is 0.223 e. The van der Waals surface area contributed by atoms with Gasteiger partial charge >= 0.3 is 0 Å². The van der Waals surface area contributed by atoms with Crippen molar-refractivity contribution in [1.82, 2.24) is 10.2 Å². The van der Waals surface area contributed by atoms with Crippen LogP contribution in [0.15, 0.2) is 18.2 Å². The molecule has 2 N–H and O–H groups in total. The highest BCUT2D eigenvalue weighted by Crippen LogP contribution is 2.18. The molecule has 0 aliphatic carbocycles. The molecule has 1 unspecified atom stereocenters. The first-order valence-electron chi connectivity index (χ1n) is 6.27. The third-order valence-electron chi connectivity index (χ3n) is 2.95. The van der Waals surface area contributed by atoms with Crippen LogP contribution in [-0.4, -0.2) is 48.9 Å². The van der Waals surface area contributed by atoms with Crippen LogP contribution in [0.5, 0.6) is 5.75 Å². The fourth-order valence-corrected chi connectivity index (χ4v) is 1.92. The number of Topliss-reactive ketones (excluding diaryl/α,β-unsaturated/α-hetero) is 1. The van der Waals surface area contributed by atoms with Crippen molar-refractivity contribution in [2.24, 2.45) is 5.92 Å². The second-order valence-corrected chi connectivity index (χ2v) is 4.80. The van der Waals surface area contributed by atoms with E-state index >= 15 is 0 Å². The number of phenols is 1. The molecule has 1 aromatic carbocycles. The lowest BCUT2D eigenvalue weighted by molar-refractivity contribution is -0.124. The van der Waals surface area contributed by atoms with Gasteiger partial charge in [0.2, 0.25) is 5.91 Å². The second kappa shape index (κ2) is 7.00. The van der Waals surface area contributed by atoms with Gasteiger partial charge in [0.05, 0.1) is 12.1 Å². The Morgan fingerprint density at radius 3 is 2.70 bits per heavy atom. The molecule has 0 spiro atoms. The number of aromatic hydroxyl groups is 1. The Hall–Kier alpha value is -1.95. The summed E-state index contributed by atoms with van der Waals surface area (Å²) in [4.78, 5) is 25.0. The van der Waals surface area contributed by atoms with Crippen LogP contribution in [0.25, 0.3) is 0 Å². The number of hydrogen-bond acceptors (Lipinski definition) is 4. The average Bonchev–Trinajstić information content (AvgIpc) is 2.40. The number of nitrogens with zero attached hydrogens (tertiary/aromatic N) is 1. The average molecular weight is 282 g/mol. The van der Waals surface area contributed by atoms with E-state index in [1.165, 1.54) is 0 Å². The number of rotatable bonds is 6. The van der Waals surface area contributed by atoms with E-state index in [0.717, 1.165) is 18.2 Å². The molecule has 110 valence electrons. The van der Waals surface area contributed by atoms with E-state index in [9.17, 15) is 19.1 Å². The lowest BCUT2D eigenvalue weighted by Gasteiger charge is -2.19. The van der Waals surface area contributed by atoms with E-state index < -0.39 is 11.6 Å². The highest BCUT2D eigenvalue weighted by atomic mass is 19.1. The van der Waals surface area contributed by atoms with Gasteiger partial charge in [0, 0.05) is 19.5 Å². The number of hydrogen-bond donors (Lipinski definition) is 2. The van der Waals surface area contributed by atoms with Gasteiger partial charge in [0.1, 0.15) is 11.6 Å². The zero-order chi connectivity index (χ0) is 15.3. The van der Waals surface area contributed by atoms with Gasteiger partial charge in [-0.25, -0.2) is 4.39 Å². The molecule has 0 saturated carbocycles. The minimum Gasteiger partial charge on any atom is -0.507 e. The molecule has 0 saturated heterocycles. The standard InChI is InChI=1S/C14H19FN2O3/c1-9(14(20)16-2)7-17(3)8-13(19)11-6-10(15)4-5-12(11)18/h4-6,9,18H,7-8H2,1-3H3,(H,16,20). The highest BCUT2D eigenvalue weighted by molar-refractivity contribution is 6.00. The van der Waals surface area contributed by atoms with Crippen LogP contribution >= 0.6 is 0 Å². The fourth-order valence-electron chi connectivity index (χ4n) is 1.92. The SMILES string of the molecule is CNC(=O)C(C)CN(C)CC(=O)c1cc(F)ccc1O. The first-order valence-corrected chi connectivity index (χ1v) is 6.27. The summed E-state index contributed by atoms with van der Waals surface area (Å²) >= 11 is 0. The molecule has 0 bridgehead atoms. The highest BCUT2D eigenvalue weighted by Gasteiger charge is 2.18. The second-order valence-electron chi connectivity index (χ2n) is 4.80. The fraction of sp³-hybridized carbons (Fsp3) is 0.429. The smallest absolute Gasteiger partial charge is 0.223 e.